The number of carboxylic acids is 2. The van der Waals surface area contributed by atoms with Gasteiger partial charge in [-0.3, -0.25) is 0 Å². The Hall–Kier alpha value is -4.61. The summed E-state index contributed by atoms with van der Waals surface area (Å²) in [4.78, 5) is 18.3. The Bertz CT molecular complexity index is 1720. The molecule has 5 heteroatoms. The van der Waals surface area contributed by atoms with Gasteiger partial charge in [-0.05, 0) is 0 Å². The van der Waals surface area contributed by atoms with Crippen LogP contribution in [0, 0.1) is 24.7 Å². The topological polar surface area (TPSA) is 74.6 Å². The number of terminal acetylenes is 2. The van der Waals surface area contributed by atoms with Crippen LogP contribution in [-0.4, -0.2) is 22.2 Å². The Morgan fingerprint density at radius 2 is 0.923 bits per heavy atom. The number of benzene rings is 4. The van der Waals surface area contributed by atoms with E-state index in [4.69, 9.17) is 19.8 Å². The van der Waals surface area contributed by atoms with Crippen molar-refractivity contribution in [2.24, 2.45) is 0 Å². The molecule has 0 saturated heterocycles. The third-order valence-corrected chi connectivity index (χ3v) is 6.41. The molecule has 0 aliphatic carbocycles. The van der Waals surface area contributed by atoms with E-state index in [0.29, 0.717) is 0 Å². The number of aliphatic carboxylic acids is 2. The van der Waals surface area contributed by atoms with Gasteiger partial charge in [0.15, 0.2) is 0 Å². The van der Waals surface area contributed by atoms with Crippen LogP contribution in [-0.2, 0) is 44.1 Å². The molecule has 0 heterocycles. The zero-order valence-corrected chi connectivity index (χ0v) is 22.6. The zero-order valence-electron chi connectivity index (χ0n) is 21.0. The zero-order chi connectivity index (χ0) is 27.1. The molecule has 0 unspecified atom stereocenters. The Labute approximate surface area is 241 Å². The Morgan fingerprint density at radius 1 is 0.590 bits per heavy atom. The van der Waals surface area contributed by atoms with Crippen molar-refractivity contribution in [2.45, 2.75) is 12.8 Å². The van der Waals surface area contributed by atoms with Crippen LogP contribution in [0.3, 0.4) is 0 Å². The molecule has 0 spiro atoms. The second-order valence-corrected chi connectivity index (χ2v) is 8.62. The van der Waals surface area contributed by atoms with E-state index in [9.17, 15) is 0 Å². The molecule has 6 aromatic rings. The van der Waals surface area contributed by atoms with E-state index in [1.165, 1.54) is 66.1 Å². The summed E-state index contributed by atoms with van der Waals surface area (Å²) >= 11 is 0. The molecule has 0 aliphatic heterocycles. The summed E-state index contributed by atoms with van der Waals surface area (Å²) < 4.78 is 0. The van der Waals surface area contributed by atoms with E-state index in [1.807, 2.05) is 0 Å². The van der Waals surface area contributed by atoms with E-state index in [0.717, 1.165) is 12.8 Å². The molecular weight excluding hydrogens is 520 g/mol. The Morgan fingerprint density at radius 3 is 1.28 bits per heavy atom. The van der Waals surface area contributed by atoms with Crippen LogP contribution >= 0.6 is 0 Å². The van der Waals surface area contributed by atoms with Gasteiger partial charge >= 0.3 is 33.7 Å². The van der Waals surface area contributed by atoms with Crippen molar-refractivity contribution in [3.8, 4) is 24.7 Å². The van der Waals surface area contributed by atoms with Gasteiger partial charge in [-0.25, -0.2) is 9.59 Å². The summed E-state index contributed by atoms with van der Waals surface area (Å²) in [7, 11) is 0. The van der Waals surface area contributed by atoms with Crippen LogP contribution in [0.25, 0.3) is 43.1 Å². The summed E-state index contributed by atoms with van der Waals surface area (Å²) in [6.07, 6.45) is 10.8. The molecule has 39 heavy (non-hydrogen) atoms. The Balaban J connectivity index is 0.000000332. The van der Waals surface area contributed by atoms with Crippen LogP contribution in [0.15, 0.2) is 97.1 Å². The van der Waals surface area contributed by atoms with Crippen molar-refractivity contribution in [3.63, 3.8) is 0 Å². The maximum Gasteiger partial charge on any atom is 2.00 e. The number of rotatable bonds is 3. The first kappa shape index (κ1) is 29.0. The van der Waals surface area contributed by atoms with Crippen LogP contribution in [0.5, 0.6) is 0 Å². The second-order valence-electron chi connectivity index (χ2n) is 8.62. The van der Waals surface area contributed by atoms with Crippen molar-refractivity contribution in [2.75, 3.05) is 0 Å². The predicted octanol–water partition coefficient (Wildman–Crippen LogP) is 6.93. The summed E-state index contributed by atoms with van der Waals surface area (Å²) in [6.45, 7) is 0. The van der Waals surface area contributed by atoms with Crippen molar-refractivity contribution in [1.82, 2.24) is 0 Å². The van der Waals surface area contributed by atoms with Gasteiger partial charge in [-0.15, -0.1) is 91.3 Å². The maximum atomic E-state index is 9.13. The molecule has 0 bridgehead atoms. The normalized spacial score (nSPS) is 9.90. The summed E-state index contributed by atoms with van der Waals surface area (Å²) in [5.41, 5.74) is 2.89. The molecule has 6 rings (SSSR count). The first-order valence-electron chi connectivity index (χ1n) is 11.9. The minimum absolute atomic E-state index is 0. The first-order valence-corrected chi connectivity index (χ1v) is 11.9. The van der Waals surface area contributed by atoms with E-state index in [-0.39, 0.29) is 21.7 Å². The maximum absolute atomic E-state index is 9.13. The van der Waals surface area contributed by atoms with Gasteiger partial charge in [0.05, 0.1) is 0 Å². The molecule has 188 valence electrons. The fourth-order valence-corrected chi connectivity index (χ4v) is 4.79. The van der Waals surface area contributed by atoms with Crippen molar-refractivity contribution >= 4 is 55.0 Å². The Kier molecular flexibility index (Phi) is 9.85. The molecule has 2 N–H and O–H groups in total. The molecule has 4 nitrogen and oxygen atoms in total. The molecule has 0 fully saturated rings. The molecule has 0 aromatic heterocycles. The number of fused-ring (bicyclic) bond motifs is 6. The summed E-state index contributed by atoms with van der Waals surface area (Å²) in [6, 6.07) is 35.7. The van der Waals surface area contributed by atoms with Crippen LogP contribution < -0.4 is 0 Å². The largest absolute Gasteiger partial charge is 2.00 e. The third-order valence-electron chi connectivity index (χ3n) is 6.41. The molecular formula is C34H24O4Ti. The molecule has 0 atom stereocenters. The van der Waals surface area contributed by atoms with E-state index in [2.05, 4.69) is 110 Å². The molecule has 0 radical (unpaired) electrons. The van der Waals surface area contributed by atoms with Gasteiger partial charge in [-0.1, -0.05) is 85.6 Å². The fourth-order valence-electron chi connectivity index (χ4n) is 4.79. The number of carboxylic acid groups (broad SMARTS) is 2. The molecule has 6 aromatic carbocycles. The smallest absolute Gasteiger partial charge is 0.472 e. The predicted molar refractivity (Wildman–Crippen MR) is 154 cm³/mol. The van der Waals surface area contributed by atoms with Crippen LogP contribution in [0.2, 0.25) is 0 Å². The van der Waals surface area contributed by atoms with Crippen molar-refractivity contribution in [3.05, 3.63) is 108 Å². The van der Waals surface area contributed by atoms with Gasteiger partial charge in [0.1, 0.15) is 0 Å². The second kappa shape index (κ2) is 13.3. The third kappa shape index (κ3) is 6.64. The minimum Gasteiger partial charge on any atom is -0.472 e. The summed E-state index contributed by atoms with van der Waals surface area (Å²) in [5, 5.41) is 26.0. The number of aryl methyl sites for hydroxylation is 2. The fraction of sp³-hybridized carbons (Fsp3) is 0.0588. The quantitative estimate of drug-likeness (QED) is 0.144. The monoisotopic (exact) mass is 544 g/mol. The average Bonchev–Trinajstić information content (AvgIpc) is 3.52. The molecule has 0 amide bonds. The van der Waals surface area contributed by atoms with Crippen molar-refractivity contribution in [1.29, 1.82) is 0 Å². The van der Waals surface area contributed by atoms with E-state index < -0.39 is 11.9 Å². The molecule has 0 aliphatic rings. The van der Waals surface area contributed by atoms with Gasteiger partial charge < -0.3 is 10.2 Å². The average molecular weight is 544 g/mol. The van der Waals surface area contributed by atoms with Gasteiger partial charge in [0, 0.05) is 11.8 Å². The number of hydrogen-bond acceptors (Lipinski definition) is 2. The van der Waals surface area contributed by atoms with Crippen molar-refractivity contribution < 1.29 is 41.5 Å². The minimum atomic E-state index is -1.22. The number of hydrogen-bond donors (Lipinski definition) is 2. The van der Waals surface area contributed by atoms with Crippen LogP contribution in [0.4, 0.5) is 0 Å². The van der Waals surface area contributed by atoms with E-state index in [1.54, 1.807) is 0 Å². The van der Waals surface area contributed by atoms with Crippen LogP contribution in [0.1, 0.15) is 11.1 Å². The van der Waals surface area contributed by atoms with Gasteiger partial charge in [0.2, 0.25) is 0 Å². The van der Waals surface area contributed by atoms with E-state index >= 15 is 0 Å². The number of carbonyl (C=O) groups is 2. The molecule has 0 saturated carbocycles. The standard InChI is InChI=1S/C28H20.2C3H2O2.Ti/c1-3-11-23-21(7-1)17-27-19(9-5-13-25(23)27)15-16-20-10-6-14-26-24-12-4-2-8-22(24)18-28(20)26;2*1-2-3(4)5;/h1-14,17-18H,15-16H2;2*1H,(H,4,5);/q-2;;;+2. The SMILES string of the molecule is C#CC(=O)O.C#CC(=O)O.[Ti+2].c1ccc2c(c1)[cH-]c1c(CCc3cccc4c3[cH-]c3ccccc34)cccc12. The van der Waals surface area contributed by atoms with Gasteiger partial charge in [0.25, 0.3) is 0 Å². The van der Waals surface area contributed by atoms with Gasteiger partial charge in [-0.2, -0.15) is 0 Å². The first-order chi connectivity index (χ1) is 18.4. The summed E-state index contributed by atoms with van der Waals surface area (Å²) in [5.74, 6) is 0.454.